The molecule has 3 aromatic carbocycles. The minimum atomic E-state index is -0.165. The molecule has 1 amide bonds. The Hall–Kier alpha value is -2.19. The van der Waals surface area contributed by atoms with E-state index in [4.69, 9.17) is 4.42 Å². The number of hydrogen-bond donors (Lipinski definition) is 1. The topological polar surface area (TPSA) is 55.1 Å². The molecule has 0 unspecified atom stereocenters. The van der Waals surface area contributed by atoms with Gasteiger partial charge in [-0.3, -0.25) is 4.79 Å². The summed E-state index contributed by atoms with van der Waals surface area (Å²) in [6, 6.07) is 20.8. The normalized spacial score (nSPS) is 10.8. The van der Waals surface area contributed by atoms with Crippen molar-refractivity contribution in [3.8, 4) is 11.5 Å². The molecule has 0 fully saturated rings. The molecule has 0 aliphatic rings. The van der Waals surface area contributed by atoms with Crippen molar-refractivity contribution in [2.75, 3.05) is 5.32 Å². The van der Waals surface area contributed by atoms with Gasteiger partial charge in [-0.15, -0.1) is 0 Å². The Labute approximate surface area is 171 Å². The van der Waals surface area contributed by atoms with E-state index in [1.165, 1.54) is 0 Å². The zero-order valence-electron chi connectivity index (χ0n) is 13.4. The van der Waals surface area contributed by atoms with Gasteiger partial charge in [0.15, 0.2) is 5.58 Å². The Morgan fingerprint density at radius 1 is 1.04 bits per heavy atom. The third-order valence-corrected chi connectivity index (χ3v) is 5.27. The number of rotatable bonds is 3. The first-order valence-corrected chi connectivity index (χ1v) is 9.70. The molecule has 26 heavy (non-hydrogen) atoms. The van der Waals surface area contributed by atoms with Gasteiger partial charge >= 0.3 is 0 Å². The first-order valence-electron chi connectivity index (χ1n) is 7.82. The molecule has 0 radical (unpaired) electrons. The van der Waals surface area contributed by atoms with Crippen molar-refractivity contribution in [2.24, 2.45) is 0 Å². The van der Waals surface area contributed by atoms with E-state index in [0.29, 0.717) is 28.2 Å². The van der Waals surface area contributed by atoms with Gasteiger partial charge in [0.25, 0.3) is 5.91 Å². The molecule has 0 bridgehead atoms. The number of benzene rings is 3. The van der Waals surface area contributed by atoms with Gasteiger partial charge in [-0.2, -0.15) is 0 Å². The highest BCUT2D eigenvalue weighted by molar-refractivity contribution is 14.1. The molecule has 1 aromatic heterocycles. The number of nitrogens with one attached hydrogen (secondary N) is 1. The van der Waals surface area contributed by atoms with Crippen LogP contribution in [-0.2, 0) is 0 Å². The smallest absolute Gasteiger partial charge is 0.256 e. The van der Waals surface area contributed by atoms with Crippen LogP contribution in [0.3, 0.4) is 0 Å². The predicted molar refractivity (Wildman–Crippen MR) is 114 cm³/mol. The number of halogens is 2. The fourth-order valence-corrected chi connectivity index (χ4v) is 3.52. The molecule has 0 aliphatic heterocycles. The van der Waals surface area contributed by atoms with Crippen LogP contribution in [-0.4, -0.2) is 10.9 Å². The summed E-state index contributed by atoms with van der Waals surface area (Å²) in [4.78, 5) is 17.1. The predicted octanol–water partition coefficient (Wildman–Crippen LogP) is 6.11. The van der Waals surface area contributed by atoms with Crippen LogP contribution < -0.4 is 5.32 Å². The first kappa shape index (κ1) is 17.2. The largest absolute Gasteiger partial charge is 0.436 e. The lowest BCUT2D eigenvalue weighted by Crippen LogP contribution is -2.13. The van der Waals surface area contributed by atoms with Crippen LogP contribution in [0.15, 0.2) is 75.6 Å². The molecule has 1 N–H and O–H groups in total. The SMILES string of the molecule is O=C(Nc1ccc2oc(-c3ccccc3)nc2c1)c1cc(Br)ccc1I. The number of aromatic nitrogens is 1. The van der Waals surface area contributed by atoms with Crippen LogP contribution in [0.25, 0.3) is 22.6 Å². The number of fused-ring (bicyclic) bond motifs is 1. The quantitative estimate of drug-likeness (QED) is 0.333. The van der Waals surface area contributed by atoms with Crippen LogP contribution in [0.2, 0.25) is 0 Å². The Morgan fingerprint density at radius 3 is 2.65 bits per heavy atom. The van der Waals surface area contributed by atoms with Crippen LogP contribution in [0.1, 0.15) is 10.4 Å². The van der Waals surface area contributed by atoms with E-state index in [2.05, 4.69) is 48.8 Å². The van der Waals surface area contributed by atoms with Gasteiger partial charge in [0, 0.05) is 19.3 Å². The Balaban J connectivity index is 1.63. The van der Waals surface area contributed by atoms with Gasteiger partial charge < -0.3 is 9.73 Å². The highest BCUT2D eigenvalue weighted by Crippen LogP contribution is 2.26. The summed E-state index contributed by atoms with van der Waals surface area (Å²) in [6.45, 7) is 0. The average Bonchev–Trinajstić information content (AvgIpc) is 3.08. The standard InChI is InChI=1S/C20H12BrIN2O2/c21-13-6-8-16(22)15(10-13)19(25)23-14-7-9-18-17(11-14)24-20(26-18)12-4-2-1-3-5-12/h1-11H,(H,23,25). The molecule has 0 aliphatic carbocycles. The minimum absolute atomic E-state index is 0.165. The van der Waals surface area contributed by atoms with Gasteiger partial charge in [0.1, 0.15) is 5.52 Å². The summed E-state index contributed by atoms with van der Waals surface area (Å²) in [5.74, 6) is 0.396. The van der Waals surface area contributed by atoms with E-state index in [9.17, 15) is 4.79 Å². The second kappa shape index (κ2) is 7.20. The third-order valence-electron chi connectivity index (χ3n) is 3.84. The van der Waals surface area contributed by atoms with E-state index in [-0.39, 0.29) is 5.91 Å². The van der Waals surface area contributed by atoms with Crippen molar-refractivity contribution in [3.05, 3.63) is 80.3 Å². The summed E-state index contributed by atoms with van der Waals surface area (Å²) in [5, 5.41) is 2.92. The number of carbonyl (C=O) groups excluding carboxylic acids is 1. The maximum atomic E-state index is 12.6. The number of hydrogen-bond acceptors (Lipinski definition) is 3. The van der Waals surface area contributed by atoms with Gasteiger partial charge in [-0.25, -0.2) is 4.98 Å². The van der Waals surface area contributed by atoms with Crippen molar-refractivity contribution < 1.29 is 9.21 Å². The zero-order chi connectivity index (χ0) is 18.1. The van der Waals surface area contributed by atoms with E-state index >= 15 is 0 Å². The molecule has 4 nitrogen and oxygen atoms in total. The fraction of sp³-hybridized carbons (Fsp3) is 0. The van der Waals surface area contributed by atoms with E-state index in [1.54, 1.807) is 6.07 Å². The lowest BCUT2D eigenvalue weighted by molar-refractivity contribution is 0.102. The number of anilines is 1. The highest BCUT2D eigenvalue weighted by atomic mass is 127. The van der Waals surface area contributed by atoms with E-state index in [0.717, 1.165) is 13.6 Å². The maximum absolute atomic E-state index is 12.6. The zero-order valence-corrected chi connectivity index (χ0v) is 17.1. The first-order chi connectivity index (χ1) is 12.6. The molecule has 0 atom stereocenters. The van der Waals surface area contributed by atoms with Crippen LogP contribution in [0.4, 0.5) is 5.69 Å². The second-order valence-electron chi connectivity index (χ2n) is 5.65. The number of amides is 1. The molecule has 1 heterocycles. The molecular formula is C20H12BrIN2O2. The summed E-state index contributed by atoms with van der Waals surface area (Å²) < 4.78 is 7.55. The van der Waals surface area contributed by atoms with Crippen molar-refractivity contribution in [1.82, 2.24) is 4.98 Å². The second-order valence-corrected chi connectivity index (χ2v) is 7.72. The van der Waals surface area contributed by atoms with E-state index in [1.807, 2.05) is 60.7 Å². The van der Waals surface area contributed by atoms with Crippen molar-refractivity contribution in [1.29, 1.82) is 0 Å². The van der Waals surface area contributed by atoms with Crippen LogP contribution in [0.5, 0.6) is 0 Å². The summed E-state index contributed by atoms with van der Waals surface area (Å²) >= 11 is 5.55. The summed E-state index contributed by atoms with van der Waals surface area (Å²) in [6.07, 6.45) is 0. The Morgan fingerprint density at radius 2 is 1.85 bits per heavy atom. The minimum Gasteiger partial charge on any atom is -0.436 e. The fourth-order valence-electron chi connectivity index (χ4n) is 2.58. The molecule has 4 rings (SSSR count). The number of nitrogens with zero attached hydrogens (tertiary/aromatic N) is 1. The molecular weight excluding hydrogens is 507 g/mol. The lowest BCUT2D eigenvalue weighted by atomic mass is 10.2. The van der Waals surface area contributed by atoms with Crippen molar-refractivity contribution >= 4 is 61.2 Å². The van der Waals surface area contributed by atoms with Crippen molar-refractivity contribution in [3.63, 3.8) is 0 Å². The molecule has 6 heteroatoms. The molecule has 0 spiro atoms. The van der Waals surface area contributed by atoms with Crippen LogP contribution >= 0.6 is 38.5 Å². The maximum Gasteiger partial charge on any atom is 0.256 e. The highest BCUT2D eigenvalue weighted by Gasteiger charge is 2.13. The summed E-state index contributed by atoms with van der Waals surface area (Å²) in [7, 11) is 0. The Kier molecular flexibility index (Phi) is 4.78. The molecule has 128 valence electrons. The molecule has 0 saturated heterocycles. The molecule has 4 aromatic rings. The van der Waals surface area contributed by atoms with Gasteiger partial charge in [-0.05, 0) is 71.1 Å². The molecule has 0 saturated carbocycles. The van der Waals surface area contributed by atoms with Gasteiger partial charge in [-0.1, -0.05) is 34.1 Å². The summed E-state index contributed by atoms with van der Waals surface area (Å²) in [5.41, 5.74) is 3.58. The number of carbonyl (C=O) groups is 1. The third kappa shape index (κ3) is 3.52. The average molecular weight is 519 g/mol. The number of oxazole rings is 1. The monoisotopic (exact) mass is 518 g/mol. The van der Waals surface area contributed by atoms with E-state index < -0.39 is 0 Å². The Bertz CT molecular complexity index is 1110. The lowest BCUT2D eigenvalue weighted by Gasteiger charge is -2.07. The van der Waals surface area contributed by atoms with Crippen molar-refractivity contribution in [2.45, 2.75) is 0 Å². The van der Waals surface area contributed by atoms with Gasteiger partial charge in [0.05, 0.1) is 5.56 Å². The van der Waals surface area contributed by atoms with Crippen LogP contribution in [0, 0.1) is 3.57 Å². The van der Waals surface area contributed by atoms with Gasteiger partial charge in [0.2, 0.25) is 5.89 Å².